The summed E-state index contributed by atoms with van der Waals surface area (Å²) >= 11 is 5.07. The van der Waals surface area contributed by atoms with Crippen molar-refractivity contribution in [2.45, 2.75) is 70.0 Å². The summed E-state index contributed by atoms with van der Waals surface area (Å²) in [4.78, 5) is 11.4. The molecule has 2 unspecified atom stereocenters. The number of alkyl halides is 1. The molecule has 0 amide bonds. The van der Waals surface area contributed by atoms with Gasteiger partial charge in [-0.3, -0.25) is 4.79 Å². The molecular weight excluding hydrogens is 296 g/mol. The van der Waals surface area contributed by atoms with Crippen LogP contribution in [-0.4, -0.2) is 15.7 Å². The third kappa shape index (κ3) is 6.85. The van der Waals surface area contributed by atoms with E-state index >= 15 is 0 Å². The Morgan fingerprint density at radius 2 is 1.71 bits per heavy atom. The summed E-state index contributed by atoms with van der Waals surface area (Å²) in [5, 5.41) is 2.20. The zero-order valence-electron chi connectivity index (χ0n) is 10.9. The van der Waals surface area contributed by atoms with Gasteiger partial charge in [-0.05, 0) is 19.3 Å². The second-order valence-corrected chi connectivity index (χ2v) is 7.25. The third-order valence-corrected chi connectivity index (χ3v) is 5.42. The maximum atomic E-state index is 11.4. The average Bonchev–Trinajstić information content (AvgIpc) is 2.62. The molecule has 0 N–H and O–H groups in total. The van der Waals surface area contributed by atoms with Crippen molar-refractivity contribution in [3.05, 3.63) is 0 Å². The molecule has 0 aromatic heterocycles. The average molecular weight is 321 g/mol. The molecule has 0 aliphatic carbocycles. The Morgan fingerprint density at radius 1 is 1.12 bits per heavy atom. The zero-order chi connectivity index (χ0) is 12.5. The molecule has 1 rings (SSSR count). The summed E-state index contributed by atoms with van der Waals surface area (Å²) in [6.07, 6.45) is 11.9. The SMILES string of the molecule is CC1CC(CCCCCCCCCBr)SC1=O. The molecule has 100 valence electrons. The molecule has 3 heteroatoms. The molecule has 1 fully saturated rings. The monoisotopic (exact) mass is 320 g/mol. The van der Waals surface area contributed by atoms with E-state index in [1.165, 1.54) is 51.4 Å². The molecule has 0 saturated carbocycles. The van der Waals surface area contributed by atoms with Gasteiger partial charge in [-0.2, -0.15) is 0 Å². The Hall–Kier alpha value is 0.500. The maximum absolute atomic E-state index is 11.4. The van der Waals surface area contributed by atoms with Crippen molar-refractivity contribution < 1.29 is 4.79 Å². The van der Waals surface area contributed by atoms with E-state index in [9.17, 15) is 4.79 Å². The first-order valence-corrected chi connectivity index (χ1v) is 9.00. The van der Waals surface area contributed by atoms with E-state index in [1.54, 1.807) is 11.8 Å². The summed E-state index contributed by atoms with van der Waals surface area (Å²) in [5.74, 6) is 0.314. The molecule has 1 nitrogen and oxygen atoms in total. The lowest BCUT2D eigenvalue weighted by atomic mass is 10.0. The quantitative estimate of drug-likeness (QED) is 0.430. The summed E-state index contributed by atoms with van der Waals surface area (Å²) in [6.45, 7) is 2.07. The highest BCUT2D eigenvalue weighted by Crippen LogP contribution is 2.35. The minimum absolute atomic E-state index is 0.314. The Morgan fingerprint density at radius 3 is 2.24 bits per heavy atom. The Balaban J connectivity index is 1.86. The van der Waals surface area contributed by atoms with Gasteiger partial charge in [0.25, 0.3) is 0 Å². The van der Waals surface area contributed by atoms with Gasteiger partial charge in [-0.1, -0.05) is 73.1 Å². The first kappa shape index (κ1) is 15.6. The topological polar surface area (TPSA) is 17.1 Å². The van der Waals surface area contributed by atoms with Crippen LogP contribution >= 0.6 is 27.7 Å². The van der Waals surface area contributed by atoms with Crippen molar-refractivity contribution in [1.82, 2.24) is 0 Å². The summed E-state index contributed by atoms with van der Waals surface area (Å²) in [5.41, 5.74) is 0. The number of hydrogen-bond acceptors (Lipinski definition) is 2. The van der Waals surface area contributed by atoms with Crippen LogP contribution in [0.3, 0.4) is 0 Å². The maximum Gasteiger partial charge on any atom is 0.192 e. The van der Waals surface area contributed by atoms with Gasteiger partial charge < -0.3 is 0 Å². The number of halogens is 1. The lowest BCUT2D eigenvalue weighted by Gasteiger charge is -2.07. The molecule has 2 atom stereocenters. The fourth-order valence-corrected chi connectivity index (χ4v) is 4.07. The van der Waals surface area contributed by atoms with Gasteiger partial charge in [0.1, 0.15) is 0 Å². The highest BCUT2D eigenvalue weighted by Gasteiger charge is 2.29. The standard InChI is InChI=1S/C14H25BrOS/c1-12-11-13(17-14(12)16)9-7-5-3-2-4-6-8-10-15/h12-13H,2-11H2,1H3. The predicted molar refractivity (Wildman–Crippen MR) is 80.9 cm³/mol. The van der Waals surface area contributed by atoms with Gasteiger partial charge in [-0.25, -0.2) is 0 Å². The molecule has 0 spiro atoms. The largest absolute Gasteiger partial charge is 0.287 e. The molecule has 1 aliphatic heterocycles. The van der Waals surface area contributed by atoms with Gasteiger partial charge >= 0.3 is 0 Å². The van der Waals surface area contributed by atoms with Gasteiger partial charge in [-0.15, -0.1) is 0 Å². The highest BCUT2D eigenvalue weighted by atomic mass is 79.9. The summed E-state index contributed by atoms with van der Waals surface area (Å²) in [6, 6.07) is 0. The lowest BCUT2D eigenvalue weighted by molar-refractivity contribution is -0.113. The third-order valence-electron chi connectivity index (χ3n) is 3.46. The van der Waals surface area contributed by atoms with Crippen LogP contribution in [-0.2, 0) is 4.79 Å². The minimum atomic E-state index is 0.314. The van der Waals surface area contributed by atoms with Gasteiger partial charge in [0.05, 0.1) is 0 Å². The van der Waals surface area contributed by atoms with Gasteiger partial charge in [0.15, 0.2) is 5.12 Å². The van der Waals surface area contributed by atoms with Crippen molar-refractivity contribution in [3.8, 4) is 0 Å². The molecule has 1 heterocycles. The Kier molecular flexibility index (Phi) is 8.63. The molecule has 0 bridgehead atoms. The van der Waals surface area contributed by atoms with Crippen molar-refractivity contribution in [3.63, 3.8) is 0 Å². The normalized spacial score (nSPS) is 24.5. The smallest absolute Gasteiger partial charge is 0.192 e. The summed E-state index contributed by atoms with van der Waals surface area (Å²) < 4.78 is 0. The lowest BCUT2D eigenvalue weighted by Crippen LogP contribution is -1.99. The second-order valence-electron chi connectivity index (χ2n) is 5.15. The van der Waals surface area contributed by atoms with Crippen LogP contribution in [0.1, 0.15) is 64.7 Å². The van der Waals surface area contributed by atoms with Crippen molar-refractivity contribution in [2.24, 2.45) is 5.92 Å². The number of carbonyl (C=O) groups excluding carboxylic acids is 1. The van der Waals surface area contributed by atoms with E-state index in [0.29, 0.717) is 16.3 Å². The van der Waals surface area contributed by atoms with Crippen LogP contribution < -0.4 is 0 Å². The molecule has 0 radical (unpaired) electrons. The zero-order valence-corrected chi connectivity index (χ0v) is 13.3. The first-order chi connectivity index (χ1) is 8.24. The molecule has 0 aromatic carbocycles. The minimum Gasteiger partial charge on any atom is -0.287 e. The van der Waals surface area contributed by atoms with Crippen LogP contribution in [0.2, 0.25) is 0 Å². The van der Waals surface area contributed by atoms with E-state index in [0.717, 1.165) is 11.8 Å². The van der Waals surface area contributed by atoms with E-state index < -0.39 is 0 Å². The Bertz CT molecular complexity index is 220. The van der Waals surface area contributed by atoms with Crippen LogP contribution in [0, 0.1) is 5.92 Å². The molecule has 1 saturated heterocycles. The van der Waals surface area contributed by atoms with E-state index in [2.05, 4.69) is 22.9 Å². The molecule has 17 heavy (non-hydrogen) atoms. The van der Waals surface area contributed by atoms with Crippen molar-refractivity contribution in [2.75, 3.05) is 5.33 Å². The highest BCUT2D eigenvalue weighted by molar-refractivity contribution is 9.09. The van der Waals surface area contributed by atoms with E-state index in [4.69, 9.17) is 0 Å². The van der Waals surface area contributed by atoms with E-state index in [-0.39, 0.29) is 0 Å². The van der Waals surface area contributed by atoms with Gasteiger partial charge in [0.2, 0.25) is 0 Å². The first-order valence-electron chi connectivity index (χ1n) is 7.00. The van der Waals surface area contributed by atoms with E-state index in [1.807, 2.05) is 0 Å². The Labute approximate surface area is 119 Å². The van der Waals surface area contributed by atoms with Gasteiger partial charge in [0, 0.05) is 16.5 Å². The number of thioether (sulfide) groups is 1. The summed E-state index contributed by atoms with van der Waals surface area (Å²) in [7, 11) is 0. The fourth-order valence-electron chi connectivity index (χ4n) is 2.35. The van der Waals surface area contributed by atoms with Crippen molar-refractivity contribution >= 4 is 32.8 Å². The number of rotatable bonds is 9. The van der Waals surface area contributed by atoms with Crippen molar-refractivity contribution in [1.29, 1.82) is 0 Å². The molecule has 1 aliphatic rings. The number of carbonyl (C=O) groups is 1. The molecular formula is C14H25BrOS. The van der Waals surface area contributed by atoms with Crippen LogP contribution in [0.25, 0.3) is 0 Å². The molecule has 0 aromatic rings. The number of unbranched alkanes of at least 4 members (excludes halogenated alkanes) is 6. The second kappa shape index (κ2) is 9.43. The van der Waals surface area contributed by atoms with Crippen LogP contribution in [0.5, 0.6) is 0 Å². The predicted octanol–water partition coefficient (Wildman–Crippen LogP) is 5.17. The number of hydrogen-bond donors (Lipinski definition) is 0. The van der Waals surface area contributed by atoms with Crippen LogP contribution in [0.4, 0.5) is 0 Å². The fraction of sp³-hybridized carbons (Fsp3) is 0.929. The van der Waals surface area contributed by atoms with Crippen LogP contribution in [0.15, 0.2) is 0 Å².